The summed E-state index contributed by atoms with van der Waals surface area (Å²) < 4.78 is 3.21. The molecule has 170 valence electrons. The third-order valence-electron chi connectivity index (χ3n) is 6.04. The van der Waals surface area contributed by atoms with Gasteiger partial charge in [-0.05, 0) is 76.1 Å². The summed E-state index contributed by atoms with van der Waals surface area (Å²) in [6.07, 6.45) is 8.16. The maximum Gasteiger partial charge on any atom is 0.333 e. The zero-order chi connectivity index (χ0) is 22.9. The van der Waals surface area contributed by atoms with Gasteiger partial charge in [-0.3, -0.25) is 9.13 Å². The summed E-state index contributed by atoms with van der Waals surface area (Å²) in [6, 6.07) is 10.0. The van der Waals surface area contributed by atoms with Crippen LogP contribution in [0.25, 0.3) is 17.1 Å². The van der Waals surface area contributed by atoms with E-state index in [1.807, 2.05) is 37.3 Å². The van der Waals surface area contributed by atoms with Gasteiger partial charge in [-0.1, -0.05) is 19.1 Å². The third-order valence-corrected chi connectivity index (χ3v) is 6.04. The van der Waals surface area contributed by atoms with E-state index >= 15 is 0 Å². The van der Waals surface area contributed by atoms with Gasteiger partial charge < -0.3 is 10.4 Å². The van der Waals surface area contributed by atoms with Crippen molar-refractivity contribution in [2.45, 2.75) is 71.6 Å². The van der Waals surface area contributed by atoms with Crippen molar-refractivity contribution in [3.63, 3.8) is 0 Å². The molecule has 1 fully saturated rings. The Balaban J connectivity index is 1.74. The van der Waals surface area contributed by atoms with Gasteiger partial charge >= 0.3 is 5.69 Å². The number of nitrogens with zero attached hydrogens (tertiary/aromatic N) is 4. The van der Waals surface area contributed by atoms with Crippen molar-refractivity contribution in [1.82, 2.24) is 19.1 Å². The first-order chi connectivity index (χ1) is 15.2. The highest BCUT2D eigenvalue weighted by atomic mass is 16.3. The van der Waals surface area contributed by atoms with Gasteiger partial charge in [0, 0.05) is 18.4 Å². The van der Waals surface area contributed by atoms with Gasteiger partial charge in [-0.25, -0.2) is 14.8 Å². The smallest absolute Gasteiger partial charge is 0.333 e. The lowest BCUT2D eigenvalue weighted by molar-refractivity contribution is 0.0604. The van der Waals surface area contributed by atoms with Crippen LogP contribution >= 0.6 is 0 Å². The number of anilines is 1. The Morgan fingerprint density at radius 1 is 1.19 bits per heavy atom. The predicted molar refractivity (Wildman–Crippen MR) is 127 cm³/mol. The van der Waals surface area contributed by atoms with E-state index in [9.17, 15) is 9.90 Å². The fraction of sp³-hybridized carbons (Fsp3) is 0.480. The van der Waals surface area contributed by atoms with Gasteiger partial charge in [0.2, 0.25) is 5.95 Å². The molecule has 7 heteroatoms. The number of aliphatic hydroxyl groups is 1. The zero-order valence-corrected chi connectivity index (χ0v) is 19.4. The summed E-state index contributed by atoms with van der Waals surface area (Å²) >= 11 is 0. The zero-order valence-electron chi connectivity index (χ0n) is 19.4. The standard InChI is InChI=1S/C25H33N5O2/c1-17-8-10-19(11-9-17)27-23-26-13-12-21(28-23)22-15-29(16-25(3,4)32)24(31)30(22)20-7-5-6-18(2)14-20/h5-7,12-15,17,19,32H,8-11,16H2,1-4H3,(H,26,27,28)/t17-,19-. The van der Waals surface area contributed by atoms with E-state index in [1.165, 1.54) is 12.8 Å². The molecular weight excluding hydrogens is 402 g/mol. The van der Waals surface area contributed by atoms with Crippen molar-refractivity contribution in [2.24, 2.45) is 5.92 Å². The molecule has 2 N–H and O–H groups in total. The van der Waals surface area contributed by atoms with E-state index in [2.05, 4.69) is 17.2 Å². The second-order valence-corrected chi connectivity index (χ2v) is 9.78. The molecule has 3 aromatic rings. The van der Waals surface area contributed by atoms with Gasteiger partial charge in [0.25, 0.3) is 0 Å². The van der Waals surface area contributed by atoms with E-state index in [0.717, 1.165) is 30.0 Å². The van der Waals surface area contributed by atoms with Crippen molar-refractivity contribution in [2.75, 3.05) is 5.32 Å². The van der Waals surface area contributed by atoms with Crippen LogP contribution in [0.1, 0.15) is 52.0 Å². The van der Waals surface area contributed by atoms with Crippen molar-refractivity contribution in [3.05, 3.63) is 58.8 Å². The fourth-order valence-electron chi connectivity index (χ4n) is 4.38. The molecule has 0 bridgehead atoms. The van der Waals surface area contributed by atoms with Gasteiger partial charge in [0.05, 0.1) is 29.2 Å². The molecule has 0 saturated heterocycles. The molecule has 4 rings (SSSR count). The number of nitrogens with one attached hydrogen (secondary N) is 1. The third kappa shape index (κ3) is 5.10. The van der Waals surface area contributed by atoms with Crippen molar-refractivity contribution >= 4 is 5.95 Å². The largest absolute Gasteiger partial charge is 0.389 e. The van der Waals surface area contributed by atoms with Crippen LogP contribution in [0, 0.1) is 12.8 Å². The first-order valence-corrected chi connectivity index (χ1v) is 11.4. The molecule has 7 nitrogen and oxygen atoms in total. The minimum Gasteiger partial charge on any atom is -0.389 e. The molecule has 0 amide bonds. The number of hydrogen-bond donors (Lipinski definition) is 2. The second kappa shape index (κ2) is 8.90. The Labute approximate surface area is 189 Å². The Morgan fingerprint density at radius 2 is 1.94 bits per heavy atom. The number of aryl methyl sites for hydroxylation is 1. The molecule has 1 aliphatic rings. The van der Waals surface area contributed by atoms with Crippen molar-refractivity contribution < 1.29 is 5.11 Å². The summed E-state index contributed by atoms with van der Waals surface area (Å²) in [5.41, 5.74) is 1.95. The maximum atomic E-state index is 13.3. The van der Waals surface area contributed by atoms with E-state index in [0.29, 0.717) is 23.4 Å². The highest BCUT2D eigenvalue weighted by molar-refractivity contribution is 5.59. The van der Waals surface area contributed by atoms with E-state index in [4.69, 9.17) is 4.98 Å². The molecule has 0 spiro atoms. The molecule has 2 heterocycles. The fourth-order valence-corrected chi connectivity index (χ4v) is 4.38. The molecule has 2 aromatic heterocycles. The highest BCUT2D eigenvalue weighted by Crippen LogP contribution is 2.26. The first kappa shape index (κ1) is 22.3. The monoisotopic (exact) mass is 435 g/mol. The number of imidazole rings is 1. The molecule has 32 heavy (non-hydrogen) atoms. The molecule has 1 aromatic carbocycles. The number of hydrogen-bond acceptors (Lipinski definition) is 5. The quantitative estimate of drug-likeness (QED) is 0.607. The molecule has 0 unspecified atom stereocenters. The normalized spacial score (nSPS) is 19.2. The van der Waals surface area contributed by atoms with E-state index in [1.54, 1.807) is 35.4 Å². The van der Waals surface area contributed by atoms with Gasteiger partial charge in [0.15, 0.2) is 0 Å². The lowest BCUT2D eigenvalue weighted by atomic mass is 9.87. The molecule has 0 atom stereocenters. The topological polar surface area (TPSA) is 85.0 Å². The van der Waals surface area contributed by atoms with Crippen LogP contribution in [0.4, 0.5) is 5.95 Å². The average Bonchev–Trinajstić information content (AvgIpc) is 3.04. The first-order valence-electron chi connectivity index (χ1n) is 11.4. The van der Waals surface area contributed by atoms with Crippen molar-refractivity contribution in [1.29, 1.82) is 0 Å². The minimum atomic E-state index is -1.02. The predicted octanol–water partition coefficient (Wildman–Crippen LogP) is 4.17. The minimum absolute atomic E-state index is 0.189. The summed E-state index contributed by atoms with van der Waals surface area (Å²) in [6.45, 7) is 7.88. The van der Waals surface area contributed by atoms with Crippen LogP contribution in [-0.2, 0) is 6.54 Å². The van der Waals surface area contributed by atoms with Gasteiger partial charge in [-0.2, -0.15) is 0 Å². The van der Waals surface area contributed by atoms with Gasteiger partial charge in [0.1, 0.15) is 0 Å². The second-order valence-electron chi connectivity index (χ2n) is 9.78. The molecule has 1 aliphatic carbocycles. The van der Waals surface area contributed by atoms with Crippen LogP contribution in [0.5, 0.6) is 0 Å². The van der Waals surface area contributed by atoms with Gasteiger partial charge in [-0.15, -0.1) is 0 Å². The maximum absolute atomic E-state index is 13.3. The van der Waals surface area contributed by atoms with E-state index in [-0.39, 0.29) is 12.2 Å². The lowest BCUT2D eigenvalue weighted by Gasteiger charge is -2.26. The van der Waals surface area contributed by atoms with Crippen LogP contribution in [0.15, 0.2) is 47.5 Å². The summed E-state index contributed by atoms with van der Waals surface area (Å²) in [5.74, 6) is 1.36. The van der Waals surface area contributed by atoms with Crippen LogP contribution < -0.4 is 11.0 Å². The van der Waals surface area contributed by atoms with E-state index < -0.39 is 5.60 Å². The summed E-state index contributed by atoms with van der Waals surface area (Å²) in [5, 5.41) is 13.8. The Morgan fingerprint density at radius 3 is 2.62 bits per heavy atom. The Kier molecular flexibility index (Phi) is 6.20. The summed E-state index contributed by atoms with van der Waals surface area (Å²) in [7, 11) is 0. The number of benzene rings is 1. The van der Waals surface area contributed by atoms with Crippen molar-refractivity contribution in [3.8, 4) is 17.1 Å². The highest BCUT2D eigenvalue weighted by Gasteiger charge is 2.22. The average molecular weight is 436 g/mol. The molecule has 0 radical (unpaired) electrons. The summed E-state index contributed by atoms with van der Waals surface area (Å²) in [4.78, 5) is 22.5. The van der Waals surface area contributed by atoms with Crippen LogP contribution in [0.3, 0.4) is 0 Å². The lowest BCUT2D eigenvalue weighted by Crippen LogP contribution is -2.33. The number of rotatable bonds is 6. The Bertz CT molecular complexity index is 1130. The molecule has 1 saturated carbocycles. The van der Waals surface area contributed by atoms with Crippen LogP contribution in [0.2, 0.25) is 0 Å². The van der Waals surface area contributed by atoms with Crippen LogP contribution in [-0.4, -0.2) is 35.9 Å². The molecular formula is C25H33N5O2. The molecule has 0 aliphatic heterocycles. The SMILES string of the molecule is Cc1cccc(-n2c(-c3ccnc(N[C@H]4CC[C@H](C)CC4)n3)cn(CC(C)(C)O)c2=O)c1. The Hall–Kier alpha value is -2.93. The number of aromatic nitrogens is 4.